The van der Waals surface area contributed by atoms with Gasteiger partial charge in [-0.05, 0) is 76.0 Å². The number of carbonyl (C=O) groups excluding carboxylic acids is 2. The van der Waals surface area contributed by atoms with Gasteiger partial charge in [-0.1, -0.05) is 57.6 Å². The van der Waals surface area contributed by atoms with Crippen LogP contribution in [0.15, 0.2) is 12.2 Å². The quantitative estimate of drug-likeness (QED) is 0.115. The van der Waals surface area contributed by atoms with Crippen molar-refractivity contribution in [3.63, 3.8) is 0 Å². The average molecular weight is 577 g/mol. The Hall–Kier alpha value is -1.28. The van der Waals surface area contributed by atoms with Gasteiger partial charge in [0.2, 0.25) is 0 Å². The zero-order valence-electron chi connectivity index (χ0n) is 25.8. The van der Waals surface area contributed by atoms with E-state index in [9.17, 15) is 9.59 Å². The molecule has 0 amide bonds. The Bertz CT molecular complexity index is 801. The Morgan fingerprint density at radius 2 is 1.71 bits per heavy atom. The molecular weight excluding hydrogens is 520 g/mol. The van der Waals surface area contributed by atoms with Crippen molar-refractivity contribution < 1.29 is 33.3 Å². The molecule has 4 unspecified atom stereocenters. The van der Waals surface area contributed by atoms with Gasteiger partial charge in [0.05, 0.1) is 19.3 Å². The maximum atomic E-state index is 13.4. The highest BCUT2D eigenvalue weighted by Gasteiger charge is 2.43. The topological polar surface area (TPSA) is 80.3 Å². The molecule has 2 saturated carbocycles. The van der Waals surface area contributed by atoms with E-state index in [0.29, 0.717) is 24.5 Å². The van der Waals surface area contributed by atoms with E-state index in [2.05, 4.69) is 19.1 Å². The Morgan fingerprint density at radius 1 is 0.951 bits per heavy atom. The van der Waals surface area contributed by atoms with Crippen LogP contribution in [0.1, 0.15) is 122 Å². The van der Waals surface area contributed by atoms with Crippen molar-refractivity contribution in [2.45, 2.75) is 147 Å². The number of carbonyl (C=O) groups is 2. The normalized spacial score (nSPS) is 33.7. The molecule has 8 atom stereocenters. The molecule has 2 saturated heterocycles. The molecule has 2 aliphatic carbocycles. The largest absolute Gasteiger partial charge is 0.469 e. The summed E-state index contributed by atoms with van der Waals surface area (Å²) in [4.78, 5) is 24.8. The minimum Gasteiger partial charge on any atom is -0.469 e. The van der Waals surface area contributed by atoms with Crippen LogP contribution >= 0.6 is 0 Å². The molecule has 0 aromatic heterocycles. The number of methoxy groups -OCH3 is 1. The van der Waals surface area contributed by atoms with E-state index in [1.54, 1.807) is 0 Å². The lowest BCUT2D eigenvalue weighted by Gasteiger charge is -2.36. The second-order valence-corrected chi connectivity index (χ2v) is 12.8. The minimum absolute atomic E-state index is 0.00806. The lowest BCUT2D eigenvalue weighted by atomic mass is 9.77. The second kappa shape index (κ2) is 17.7. The highest BCUT2D eigenvalue weighted by molar-refractivity contribution is 5.84. The van der Waals surface area contributed by atoms with Crippen LogP contribution in [0, 0.1) is 23.7 Å². The van der Waals surface area contributed by atoms with Crippen LogP contribution in [-0.2, 0) is 33.3 Å². The van der Waals surface area contributed by atoms with Crippen molar-refractivity contribution >= 4 is 11.8 Å². The van der Waals surface area contributed by atoms with Gasteiger partial charge < -0.3 is 23.7 Å². The molecule has 0 N–H and O–H groups in total. The van der Waals surface area contributed by atoms with Gasteiger partial charge in [0.15, 0.2) is 12.6 Å². The van der Waals surface area contributed by atoms with Crippen molar-refractivity contribution in [3.05, 3.63) is 12.2 Å². The lowest BCUT2D eigenvalue weighted by molar-refractivity contribution is -0.193. The van der Waals surface area contributed by atoms with Crippen molar-refractivity contribution in [2.24, 2.45) is 23.7 Å². The van der Waals surface area contributed by atoms with Gasteiger partial charge in [0, 0.05) is 37.9 Å². The SMILES string of the molecule is CCC1CCCC([C@@H](C=C[C@H]2[C@H](OC3CCCCO3)CC(=O)[C@@H]2CCCCCCC(=O)OC)OC2CCCCO2)C1. The molecule has 0 radical (unpaired) electrons. The maximum absolute atomic E-state index is 13.4. The zero-order chi connectivity index (χ0) is 28.9. The predicted molar refractivity (Wildman–Crippen MR) is 158 cm³/mol. The van der Waals surface area contributed by atoms with E-state index in [0.717, 1.165) is 89.8 Å². The third-order valence-electron chi connectivity index (χ3n) is 9.88. The van der Waals surface area contributed by atoms with E-state index in [4.69, 9.17) is 23.7 Å². The molecule has 0 bridgehead atoms. The summed E-state index contributed by atoms with van der Waals surface area (Å²) in [6, 6.07) is 0. The molecule has 4 aliphatic rings. The fourth-order valence-electron chi connectivity index (χ4n) is 7.36. The van der Waals surface area contributed by atoms with Crippen molar-refractivity contribution in [3.8, 4) is 0 Å². The van der Waals surface area contributed by atoms with Crippen molar-refractivity contribution in [1.82, 2.24) is 0 Å². The lowest BCUT2D eigenvalue weighted by Crippen LogP contribution is -2.34. The fraction of sp³-hybridized carbons (Fsp3) is 0.882. The standard InChI is InChI=1S/C34H56O7/c1-3-25-13-12-14-26(23-25)30(40-33-17-8-10-21-38-33)20-19-28-27(15-6-4-5-7-16-32(36)37-2)29(35)24-31(28)41-34-18-9-11-22-39-34/h19-20,25-28,30-31,33-34H,3-18,21-24H2,1-2H3/t25?,26?,27-,28-,30-,31-,33?,34?/m1/s1. The van der Waals surface area contributed by atoms with Gasteiger partial charge in [-0.2, -0.15) is 0 Å². The first-order chi connectivity index (χ1) is 20.1. The van der Waals surface area contributed by atoms with Gasteiger partial charge in [0.1, 0.15) is 5.78 Å². The average Bonchev–Trinajstić information content (AvgIpc) is 3.30. The summed E-state index contributed by atoms with van der Waals surface area (Å²) in [6.45, 7) is 3.82. The van der Waals surface area contributed by atoms with E-state index < -0.39 is 0 Å². The minimum atomic E-state index is -0.208. The van der Waals surface area contributed by atoms with Crippen molar-refractivity contribution in [2.75, 3.05) is 20.3 Å². The summed E-state index contributed by atoms with van der Waals surface area (Å²) >= 11 is 0. The van der Waals surface area contributed by atoms with Crippen LogP contribution in [-0.4, -0.2) is 56.9 Å². The van der Waals surface area contributed by atoms with Gasteiger partial charge in [0.25, 0.3) is 0 Å². The third kappa shape index (κ3) is 10.4. The molecule has 7 heteroatoms. The van der Waals surface area contributed by atoms with Crippen LogP contribution in [0.4, 0.5) is 0 Å². The number of ketones is 1. The molecule has 2 aliphatic heterocycles. The molecule has 7 nitrogen and oxygen atoms in total. The first-order valence-corrected chi connectivity index (χ1v) is 16.9. The Labute approximate surface area is 248 Å². The van der Waals surface area contributed by atoms with Crippen LogP contribution in [0.3, 0.4) is 0 Å². The zero-order valence-corrected chi connectivity index (χ0v) is 25.8. The first-order valence-electron chi connectivity index (χ1n) is 16.9. The number of esters is 1. The van der Waals surface area contributed by atoms with Gasteiger partial charge in [-0.3, -0.25) is 9.59 Å². The second-order valence-electron chi connectivity index (χ2n) is 12.8. The number of hydrogen-bond donors (Lipinski definition) is 0. The third-order valence-corrected chi connectivity index (χ3v) is 9.88. The smallest absolute Gasteiger partial charge is 0.305 e. The number of rotatable bonds is 15. The monoisotopic (exact) mass is 576 g/mol. The molecular formula is C34H56O7. The summed E-state index contributed by atoms with van der Waals surface area (Å²) in [7, 11) is 1.44. The van der Waals surface area contributed by atoms with E-state index in [-0.39, 0.29) is 42.6 Å². The fourth-order valence-corrected chi connectivity index (χ4v) is 7.36. The van der Waals surface area contributed by atoms with E-state index in [1.807, 2.05) is 0 Å². The highest BCUT2D eigenvalue weighted by atomic mass is 16.7. The van der Waals surface area contributed by atoms with E-state index >= 15 is 0 Å². The van der Waals surface area contributed by atoms with E-state index in [1.165, 1.54) is 39.2 Å². The molecule has 4 fully saturated rings. The first kappa shape index (κ1) is 32.6. The molecule has 4 rings (SSSR count). The Morgan fingerprint density at radius 3 is 2.41 bits per heavy atom. The highest BCUT2D eigenvalue weighted by Crippen LogP contribution is 2.40. The number of Topliss-reactive ketones (excluding diaryl/α,β-unsaturated/α-hetero) is 1. The molecule has 41 heavy (non-hydrogen) atoms. The summed E-state index contributed by atoms with van der Waals surface area (Å²) in [5.74, 6) is 1.41. The molecule has 0 aromatic rings. The number of ether oxygens (including phenoxy) is 5. The van der Waals surface area contributed by atoms with Crippen LogP contribution < -0.4 is 0 Å². The molecule has 0 spiro atoms. The summed E-state index contributed by atoms with van der Waals surface area (Å²) in [6.07, 6.45) is 22.2. The van der Waals surface area contributed by atoms with Crippen molar-refractivity contribution in [1.29, 1.82) is 0 Å². The van der Waals surface area contributed by atoms with Crippen LogP contribution in [0.25, 0.3) is 0 Å². The summed E-state index contributed by atoms with van der Waals surface area (Å²) in [5, 5.41) is 0. The van der Waals surface area contributed by atoms with Crippen LogP contribution in [0.2, 0.25) is 0 Å². The molecule has 0 aromatic carbocycles. The molecule has 234 valence electrons. The van der Waals surface area contributed by atoms with Gasteiger partial charge in [-0.25, -0.2) is 0 Å². The predicted octanol–water partition coefficient (Wildman–Crippen LogP) is 7.30. The number of hydrogen-bond acceptors (Lipinski definition) is 7. The Balaban J connectivity index is 1.44. The summed E-state index contributed by atoms with van der Waals surface area (Å²) < 4.78 is 29.9. The van der Waals surface area contributed by atoms with Gasteiger partial charge >= 0.3 is 5.97 Å². The summed E-state index contributed by atoms with van der Waals surface area (Å²) in [5.41, 5.74) is 0. The molecule has 2 heterocycles. The Kier molecular flexibility index (Phi) is 14.1. The van der Waals surface area contributed by atoms with Crippen LogP contribution in [0.5, 0.6) is 0 Å². The number of unbranched alkanes of at least 4 members (excludes halogenated alkanes) is 3. The van der Waals surface area contributed by atoms with Gasteiger partial charge in [-0.15, -0.1) is 0 Å². The maximum Gasteiger partial charge on any atom is 0.305 e.